The zero-order valence-electron chi connectivity index (χ0n) is 10.8. The van der Waals surface area contributed by atoms with Crippen molar-refractivity contribution in [1.29, 1.82) is 0 Å². The Hall–Kier alpha value is -1.02. The van der Waals surface area contributed by atoms with Gasteiger partial charge in [-0.3, -0.25) is 0 Å². The van der Waals surface area contributed by atoms with Crippen molar-refractivity contribution < 1.29 is 4.74 Å². The van der Waals surface area contributed by atoms with Crippen LogP contribution in [-0.4, -0.2) is 12.1 Å². The van der Waals surface area contributed by atoms with Crippen molar-refractivity contribution >= 4 is 0 Å². The molecule has 1 unspecified atom stereocenters. The summed E-state index contributed by atoms with van der Waals surface area (Å²) in [6, 6.07) is 7.11. The van der Waals surface area contributed by atoms with E-state index in [2.05, 4.69) is 37.4 Å². The minimum Gasteiger partial charge on any atom is -0.487 e. The summed E-state index contributed by atoms with van der Waals surface area (Å²) in [4.78, 5) is 0. The van der Waals surface area contributed by atoms with Crippen molar-refractivity contribution in [3.63, 3.8) is 0 Å². The van der Waals surface area contributed by atoms with Gasteiger partial charge in [-0.25, -0.2) is 0 Å². The van der Waals surface area contributed by atoms with Crippen molar-refractivity contribution in [2.45, 2.75) is 51.2 Å². The van der Waals surface area contributed by atoms with Crippen molar-refractivity contribution in [3.8, 4) is 5.75 Å². The molecule has 0 radical (unpaired) electrons. The molecule has 1 atom stereocenters. The van der Waals surface area contributed by atoms with E-state index in [1.165, 1.54) is 24.0 Å². The smallest absolute Gasteiger partial charge is 0.128 e. The summed E-state index contributed by atoms with van der Waals surface area (Å²) in [6.45, 7) is 5.52. The fourth-order valence-corrected chi connectivity index (χ4v) is 2.91. The standard InChI is InChI=1S/C15H21NO/c1-15(2)9-8-11-5-3-6-12(14(11)17-15)13-7-4-10-16-13/h3,5-6,13,16H,4,7-10H2,1-2H3. The molecule has 0 aromatic heterocycles. The van der Waals surface area contributed by atoms with Gasteiger partial charge in [-0.05, 0) is 51.6 Å². The molecule has 0 bridgehead atoms. The molecule has 2 heterocycles. The average molecular weight is 231 g/mol. The molecule has 2 aliphatic rings. The second kappa shape index (κ2) is 4.02. The molecular formula is C15H21NO. The van der Waals surface area contributed by atoms with Crippen molar-refractivity contribution in [2.75, 3.05) is 6.54 Å². The van der Waals surface area contributed by atoms with Crippen molar-refractivity contribution in [3.05, 3.63) is 29.3 Å². The van der Waals surface area contributed by atoms with Crippen LogP contribution in [0.4, 0.5) is 0 Å². The summed E-state index contributed by atoms with van der Waals surface area (Å²) in [5, 5.41) is 3.57. The fraction of sp³-hybridized carbons (Fsp3) is 0.600. The first kappa shape index (κ1) is 11.1. The molecule has 0 saturated carbocycles. The van der Waals surface area contributed by atoms with Gasteiger partial charge in [0, 0.05) is 11.6 Å². The average Bonchev–Trinajstić information content (AvgIpc) is 2.80. The lowest BCUT2D eigenvalue weighted by atomic mass is 9.91. The van der Waals surface area contributed by atoms with E-state index in [9.17, 15) is 0 Å². The van der Waals surface area contributed by atoms with Crippen LogP contribution in [-0.2, 0) is 6.42 Å². The van der Waals surface area contributed by atoms with Gasteiger partial charge in [0.25, 0.3) is 0 Å². The first-order chi connectivity index (χ1) is 8.16. The summed E-state index contributed by atoms with van der Waals surface area (Å²) >= 11 is 0. The van der Waals surface area contributed by atoms with E-state index in [1.807, 2.05) is 0 Å². The van der Waals surface area contributed by atoms with Gasteiger partial charge in [-0.1, -0.05) is 18.2 Å². The van der Waals surface area contributed by atoms with Crippen LogP contribution in [0, 0.1) is 0 Å². The van der Waals surface area contributed by atoms with Gasteiger partial charge in [0.1, 0.15) is 11.4 Å². The highest BCUT2D eigenvalue weighted by Crippen LogP contribution is 2.40. The molecule has 17 heavy (non-hydrogen) atoms. The number of aryl methyl sites for hydroxylation is 1. The van der Waals surface area contributed by atoms with Gasteiger partial charge in [-0.15, -0.1) is 0 Å². The Morgan fingerprint density at radius 1 is 1.35 bits per heavy atom. The third-order valence-corrected chi connectivity index (χ3v) is 3.94. The number of para-hydroxylation sites is 1. The van der Waals surface area contributed by atoms with Gasteiger partial charge in [0.15, 0.2) is 0 Å². The van der Waals surface area contributed by atoms with Crippen LogP contribution in [0.1, 0.15) is 50.3 Å². The summed E-state index contributed by atoms with van der Waals surface area (Å²) < 4.78 is 6.22. The van der Waals surface area contributed by atoms with Crippen LogP contribution in [0.25, 0.3) is 0 Å². The number of hydrogen-bond acceptors (Lipinski definition) is 2. The van der Waals surface area contributed by atoms with Crippen LogP contribution in [0.15, 0.2) is 18.2 Å². The summed E-state index contributed by atoms with van der Waals surface area (Å²) in [5.74, 6) is 1.16. The van der Waals surface area contributed by atoms with Gasteiger partial charge < -0.3 is 10.1 Å². The molecule has 0 aliphatic carbocycles. The van der Waals surface area contributed by atoms with Crippen LogP contribution in [0.5, 0.6) is 5.75 Å². The molecule has 0 amide bonds. The maximum atomic E-state index is 6.22. The minimum absolute atomic E-state index is 0.0122. The van der Waals surface area contributed by atoms with E-state index in [1.54, 1.807) is 0 Å². The summed E-state index contributed by atoms with van der Waals surface area (Å²) in [6.07, 6.45) is 4.77. The Morgan fingerprint density at radius 2 is 2.24 bits per heavy atom. The van der Waals surface area contributed by atoms with Crippen LogP contribution in [0.2, 0.25) is 0 Å². The van der Waals surface area contributed by atoms with E-state index in [-0.39, 0.29) is 5.60 Å². The van der Waals surface area contributed by atoms with E-state index >= 15 is 0 Å². The summed E-state index contributed by atoms with van der Waals surface area (Å²) in [5.41, 5.74) is 2.74. The molecule has 0 spiro atoms. The fourth-order valence-electron chi connectivity index (χ4n) is 2.91. The normalized spacial score (nSPS) is 26.4. The molecule has 1 fully saturated rings. The van der Waals surface area contributed by atoms with Gasteiger partial charge >= 0.3 is 0 Å². The van der Waals surface area contributed by atoms with Gasteiger partial charge in [-0.2, -0.15) is 0 Å². The first-order valence-corrected chi connectivity index (χ1v) is 6.70. The van der Waals surface area contributed by atoms with Gasteiger partial charge in [0.2, 0.25) is 0 Å². The lowest BCUT2D eigenvalue weighted by molar-refractivity contribution is 0.0826. The Kier molecular flexibility index (Phi) is 2.62. The highest BCUT2D eigenvalue weighted by atomic mass is 16.5. The van der Waals surface area contributed by atoms with Crippen molar-refractivity contribution in [1.82, 2.24) is 5.32 Å². The Labute approximate surface area is 103 Å². The molecule has 1 saturated heterocycles. The molecule has 2 nitrogen and oxygen atoms in total. The largest absolute Gasteiger partial charge is 0.487 e. The number of benzene rings is 1. The Balaban J connectivity index is 1.99. The number of rotatable bonds is 1. The zero-order chi connectivity index (χ0) is 11.9. The Morgan fingerprint density at radius 3 is 3.00 bits per heavy atom. The maximum Gasteiger partial charge on any atom is 0.128 e. The third-order valence-electron chi connectivity index (χ3n) is 3.94. The quantitative estimate of drug-likeness (QED) is 0.801. The van der Waals surface area contributed by atoms with Crippen LogP contribution in [0.3, 0.4) is 0 Å². The second-order valence-corrected chi connectivity index (χ2v) is 5.85. The van der Waals surface area contributed by atoms with Crippen LogP contribution >= 0.6 is 0 Å². The number of ether oxygens (including phenoxy) is 1. The molecular weight excluding hydrogens is 210 g/mol. The maximum absolute atomic E-state index is 6.22. The molecule has 92 valence electrons. The minimum atomic E-state index is -0.0122. The van der Waals surface area contributed by atoms with E-state index in [0.29, 0.717) is 6.04 Å². The second-order valence-electron chi connectivity index (χ2n) is 5.85. The molecule has 2 heteroatoms. The molecule has 1 aromatic rings. The molecule has 3 rings (SSSR count). The topological polar surface area (TPSA) is 21.3 Å². The van der Waals surface area contributed by atoms with E-state index < -0.39 is 0 Å². The SMILES string of the molecule is CC1(C)CCc2cccc(C3CCCN3)c2O1. The number of hydrogen-bond donors (Lipinski definition) is 1. The van der Waals surface area contributed by atoms with Crippen LogP contribution < -0.4 is 10.1 Å². The molecule has 1 N–H and O–H groups in total. The van der Waals surface area contributed by atoms with E-state index in [4.69, 9.17) is 4.74 Å². The first-order valence-electron chi connectivity index (χ1n) is 6.70. The predicted molar refractivity (Wildman–Crippen MR) is 69.4 cm³/mol. The summed E-state index contributed by atoms with van der Waals surface area (Å²) in [7, 11) is 0. The third kappa shape index (κ3) is 2.06. The monoisotopic (exact) mass is 231 g/mol. The number of fused-ring (bicyclic) bond motifs is 1. The van der Waals surface area contributed by atoms with Crippen molar-refractivity contribution in [2.24, 2.45) is 0 Å². The highest BCUT2D eigenvalue weighted by Gasteiger charge is 2.30. The van der Waals surface area contributed by atoms with E-state index in [0.717, 1.165) is 25.1 Å². The Bertz CT molecular complexity index is 419. The molecule has 2 aliphatic heterocycles. The lowest BCUT2D eigenvalue weighted by Gasteiger charge is -2.34. The lowest BCUT2D eigenvalue weighted by Crippen LogP contribution is -2.33. The molecule has 1 aromatic carbocycles. The highest BCUT2D eigenvalue weighted by molar-refractivity contribution is 5.45. The predicted octanol–water partition coefficient (Wildman–Crippen LogP) is 3.21. The number of nitrogens with one attached hydrogen (secondary N) is 1. The van der Waals surface area contributed by atoms with Gasteiger partial charge in [0.05, 0.1) is 0 Å². The zero-order valence-corrected chi connectivity index (χ0v) is 10.8.